The SMILES string of the molecule is C[Si](C)(C)N([Si](C)(C)C)[Si](Cl)(Cl)[Si](Cl)(Cl)[Si](Cl)(Cl)N([Si](C)(C)C)[Si](C)(C)C. The predicted octanol–water partition coefficient (Wildman–Crippen LogP) is 7.84. The van der Waals surface area contributed by atoms with Gasteiger partial charge in [-0.2, -0.15) is 0 Å². The Balaban J connectivity index is 6.73. The molecule has 0 unspecified atom stereocenters. The van der Waals surface area contributed by atoms with Crippen LogP contribution in [0.1, 0.15) is 0 Å². The number of hydrogen-bond donors (Lipinski definition) is 0. The molecule has 0 aromatic rings. The maximum atomic E-state index is 7.26. The Morgan fingerprint density at radius 1 is 0.370 bits per heavy atom. The van der Waals surface area contributed by atoms with Gasteiger partial charge in [0.05, 0.1) is 0 Å². The average Bonchev–Trinajstić information content (AvgIpc) is 2.16. The third kappa shape index (κ3) is 6.59. The summed E-state index contributed by atoms with van der Waals surface area (Å²) in [7, 11) is -7.62. The second-order valence-electron chi connectivity index (χ2n) is 11.0. The van der Waals surface area contributed by atoms with E-state index in [0.29, 0.717) is 0 Å². The lowest BCUT2D eigenvalue weighted by molar-refractivity contribution is 0.944. The molecule has 0 bridgehead atoms. The Morgan fingerprint density at radius 2 is 0.519 bits per heavy atom. The Kier molecular flexibility index (Phi) is 9.89. The maximum Gasteiger partial charge on any atom is 0.331 e. The zero-order valence-corrected chi connectivity index (χ0v) is 30.2. The van der Waals surface area contributed by atoms with Gasteiger partial charge in [-0.15, -0.1) is 66.5 Å². The monoisotopic (exact) mass is 614 g/mol. The van der Waals surface area contributed by atoms with Crippen molar-refractivity contribution in [1.82, 2.24) is 7.79 Å². The number of hydrogen-bond acceptors (Lipinski definition) is 2. The first-order chi connectivity index (χ1) is 11.2. The largest absolute Gasteiger partial charge is 0.345 e. The molecule has 0 spiro atoms. The molecule has 0 aliphatic rings. The molecule has 0 aromatic carbocycles. The summed E-state index contributed by atoms with van der Waals surface area (Å²) < 4.78 is 4.75. The molecule has 27 heavy (non-hydrogen) atoms. The third-order valence-corrected chi connectivity index (χ3v) is 85.3. The first-order valence-electron chi connectivity index (χ1n) is 8.98. The van der Waals surface area contributed by atoms with E-state index < -0.39 is 51.4 Å². The van der Waals surface area contributed by atoms with E-state index in [1.807, 2.05) is 0 Å². The van der Waals surface area contributed by atoms with E-state index >= 15 is 0 Å². The second kappa shape index (κ2) is 8.85. The molecule has 0 saturated heterocycles. The molecule has 0 amide bonds. The van der Waals surface area contributed by atoms with E-state index in [0.717, 1.165) is 0 Å². The summed E-state index contributed by atoms with van der Waals surface area (Å²) in [6.07, 6.45) is -6.63. The van der Waals surface area contributed by atoms with E-state index in [9.17, 15) is 0 Å². The minimum atomic E-state index is -3.45. The van der Waals surface area contributed by atoms with Crippen LogP contribution in [0, 0.1) is 0 Å². The van der Waals surface area contributed by atoms with Gasteiger partial charge >= 0.3 is 18.5 Å². The fourth-order valence-electron chi connectivity index (χ4n) is 4.16. The maximum absolute atomic E-state index is 7.26. The minimum Gasteiger partial charge on any atom is -0.345 e. The summed E-state index contributed by atoms with van der Waals surface area (Å²) >= 11 is 43.5. The van der Waals surface area contributed by atoms with Gasteiger partial charge in [0.25, 0.3) is 0 Å². The van der Waals surface area contributed by atoms with Gasteiger partial charge in [0.15, 0.2) is 0 Å². The van der Waals surface area contributed by atoms with E-state index in [1.165, 1.54) is 0 Å². The van der Waals surface area contributed by atoms with Gasteiger partial charge in [-0.1, -0.05) is 78.6 Å². The van der Waals surface area contributed by atoms with Crippen molar-refractivity contribution < 1.29 is 0 Å². The molecule has 0 atom stereocenters. The molecule has 0 aliphatic carbocycles. The molecule has 0 heterocycles. The van der Waals surface area contributed by atoms with Crippen molar-refractivity contribution in [3.8, 4) is 0 Å². The number of rotatable bonds is 8. The molecule has 2 nitrogen and oxygen atoms in total. The Labute approximate surface area is 202 Å². The molecule has 0 aromatic heterocycles. The average molecular weight is 618 g/mol. The van der Waals surface area contributed by atoms with E-state index in [4.69, 9.17) is 66.5 Å². The van der Waals surface area contributed by atoms with Crippen molar-refractivity contribution in [1.29, 1.82) is 0 Å². The van der Waals surface area contributed by atoms with Gasteiger partial charge in [0.1, 0.15) is 32.9 Å². The summed E-state index contributed by atoms with van der Waals surface area (Å²) in [6.45, 7) is 27.0. The number of nitrogens with zero attached hydrogens (tertiary/aromatic N) is 2. The van der Waals surface area contributed by atoms with Gasteiger partial charge in [-0.3, -0.25) is 0 Å². The lowest BCUT2D eigenvalue weighted by Crippen LogP contribution is -2.84. The van der Waals surface area contributed by atoms with E-state index in [-0.39, 0.29) is 0 Å². The number of halogens is 6. The van der Waals surface area contributed by atoms with Crippen molar-refractivity contribution in [2.75, 3.05) is 0 Å². The highest BCUT2D eigenvalue weighted by atomic mass is 35.8. The second-order valence-corrected chi connectivity index (χ2v) is 66.7. The highest BCUT2D eigenvalue weighted by Crippen LogP contribution is 2.52. The first kappa shape index (κ1) is 30.2. The van der Waals surface area contributed by atoms with Crippen molar-refractivity contribution in [2.24, 2.45) is 0 Å². The fourth-order valence-corrected chi connectivity index (χ4v) is 111. The molecule has 0 N–H and O–H groups in total. The molecule has 15 heteroatoms. The Morgan fingerprint density at radius 3 is 0.630 bits per heavy atom. The smallest absolute Gasteiger partial charge is 0.331 e. The molecule has 0 aliphatic heterocycles. The normalized spacial score (nSPS) is 16.4. The van der Waals surface area contributed by atoms with Crippen LogP contribution in [0.4, 0.5) is 0 Å². The Hall–Kier alpha value is 3.18. The zero-order chi connectivity index (χ0) is 22.7. The van der Waals surface area contributed by atoms with Crippen LogP contribution >= 0.6 is 66.5 Å². The van der Waals surface area contributed by atoms with Crippen LogP contribution in [0.15, 0.2) is 0 Å². The molecule has 0 fully saturated rings. The lowest BCUT2D eigenvalue weighted by Gasteiger charge is -2.57. The van der Waals surface area contributed by atoms with Crippen LogP contribution in [0.3, 0.4) is 0 Å². The van der Waals surface area contributed by atoms with Gasteiger partial charge < -0.3 is 7.79 Å². The summed E-state index contributed by atoms with van der Waals surface area (Å²) in [4.78, 5) is 0. The van der Waals surface area contributed by atoms with Crippen LogP contribution in [0.5, 0.6) is 0 Å². The standard InChI is InChI=1S/C12H36Cl6N2Si7/c1-21(2,3)19(22(4,5)6)25(13,14)27(17,18)26(15,16)20(23(7,8)9)24(10,11)12/h1-12H3. The van der Waals surface area contributed by atoms with Crippen LogP contribution < -0.4 is 0 Å². The van der Waals surface area contributed by atoms with E-state index in [1.54, 1.807) is 0 Å². The highest BCUT2D eigenvalue weighted by Gasteiger charge is 2.76. The molecule has 0 saturated carbocycles. The van der Waals surface area contributed by atoms with E-state index in [2.05, 4.69) is 86.4 Å². The highest BCUT2D eigenvalue weighted by molar-refractivity contribution is 8.15. The van der Waals surface area contributed by atoms with Crippen LogP contribution in [0.2, 0.25) is 78.6 Å². The lowest BCUT2D eigenvalue weighted by atomic mass is 11.8. The molecule has 0 rings (SSSR count). The topological polar surface area (TPSA) is 6.48 Å². The fraction of sp³-hybridized carbons (Fsp3) is 1.00. The quantitative estimate of drug-likeness (QED) is 0.202. The van der Waals surface area contributed by atoms with Gasteiger partial charge in [0.2, 0.25) is 0 Å². The van der Waals surface area contributed by atoms with Crippen LogP contribution in [-0.4, -0.2) is 59.2 Å². The summed E-state index contributed by atoms with van der Waals surface area (Å²) in [5, 5.41) is 0. The van der Waals surface area contributed by atoms with Crippen molar-refractivity contribution in [3.63, 3.8) is 0 Å². The summed E-state index contributed by atoms with van der Waals surface area (Å²) in [5.74, 6) is 0. The summed E-state index contributed by atoms with van der Waals surface area (Å²) in [6, 6.07) is 0. The molecule has 164 valence electrons. The van der Waals surface area contributed by atoms with Crippen molar-refractivity contribution in [2.45, 2.75) is 78.6 Å². The molecular weight excluding hydrogens is 581 g/mol. The van der Waals surface area contributed by atoms with Crippen molar-refractivity contribution >= 4 is 118 Å². The van der Waals surface area contributed by atoms with Crippen molar-refractivity contribution in [3.05, 3.63) is 0 Å². The predicted molar refractivity (Wildman–Crippen MR) is 149 cm³/mol. The first-order valence-corrected chi connectivity index (χ1v) is 36.7. The zero-order valence-electron chi connectivity index (χ0n) is 18.7. The van der Waals surface area contributed by atoms with Crippen LogP contribution in [-0.2, 0) is 0 Å². The molecule has 0 radical (unpaired) electrons. The minimum absolute atomic E-state index is 1.90. The van der Waals surface area contributed by atoms with Gasteiger partial charge in [0, 0.05) is 0 Å². The van der Waals surface area contributed by atoms with Gasteiger partial charge in [-0.25, -0.2) is 0 Å². The molecular formula is C12H36Cl6N2Si7. The summed E-state index contributed by atoms with van der Waals surface area (Å²) in [5.41, 5.74) is -3.45. The Bertz CT molecular complexity index is 460. The van der Waals surface area contributed by atoms with Gasteiger partial charge in [-0.05, 0) is 0 Å². The third-order valence-electron chi connectivity index (χ3n) is 4.00. The van der Waals surface area contributed by atoms with Crippen LogP contribution in [0.25, 0.3) is 0 Å².